The molecule has 0 amide bonds. The molecule has 0 saturated carbocycles. The van der Waals surface area contributed by atoms with Crippen molar-refractivity contribution >= 4 is 38.7 Å². The first-order chi connectivity index (χ1) is 10.5. The molecule has 0 aromatic heterocycles. The second-order valence-corrected chi connectivity index (χ2v) is 7.27. The predicted molar refractivity (Wildman–Crippen MR) is 91.5 cm³/mol. The molecule has 0 unspecified atom stereocenters. The minimum absolute atomic E-state index is 0.143. The van der Waals surface area contributed by atoms with Gasteiger partial charge in [-0.15, -0.1) is 0 Å². The summed E-state index contributed by atoms with van der Waals surface area (Å²) in [6.45, 7) is 0.467. The first-order valence-corrected chi connectivity index (χ1v) is 8.60. The number of thiocarbonyl (C=S) groups is 1. The lowest BCUT2D eigenvalue weighted by molar-refractivity contribution is 0.592. The Bertz CT molecular complexity index is 817. The summed E-state index contributed by atoms with van der Waals surface area (Å²) >= 11 is 4.76. The number of nitrogens with zero attached hydrogens (tertiary/aromatic N) is 1. The smallest absolute Gasteiger partial charge is 0.264 e. The van der Waals surface area contributed by atoms with Gasteiger partial charge < -0.3 is 11.1 Å². The average Bonchev–Trinajstić information content (AvgIpc) is 2.92. The van der Waals surface area contributed by atoms with Gasteiger partial charge in [-0.2, -0.15) is 0 Å². The van der Waals surface area contributed by atoms with E-state index in [0.717, 1.165) is 17.7 Å². The molecule has 7 heteroatoms. The number of anilines is 2. The van der Waals surface area contributed by atoms with Crippen molar-refractivity contribution in [1.82, 2.24) is 0 Å². The maximum atomic E-state index is 12.8. The van der Waals surface area contributed by atoms with Crippen molar-refractivity contribution in [3.05, 3.63) is 54.1 Å². The van der Waals surface area contributed by atoms with E-state index in [-0.39, 0.29) is 10.0 Å². The molecule has 1 aliphatic rings. The van der Waals surface area contributed by atoms with Gasteiger partial charge in [0.1, 0.15) is 0 Å². The number of rotatable bonds is 3. The number of nitrogens with one attached hydrogen (secondary N) is 1. The van der Waals surface area contributed by atoms with E-state index in [1.165, 1.54) is 4.31 Å². The Morgan fingerprint density at radius 2 is 1.82 bits per heavy atom. The van der Waals surface area contributed by atoms with E-state index in [4.69, 9.17) is 18.0 Å². The van der Waals surface area contributed by atoms with Crippen LogP contribution in [0, 0.1) is 0 Å². The van der Waals surface area contributed by atoms with Crippen LogP contribution in [-0.2, 0) is 16.4 Å². The number of fused-ring (bicyclic) bond motifs is 1. The topological polar surface area (TPSA) is 75.4 Å². The van der Waals surface area contributed by atoms with Crippen LogP contribution in [0.25, 0.3) is 0 Å². The van der Waals surface area contributed by atoms with E-state index in [9.17, 15) is 8.42 Å². The maximum absolute atomic E-state index is 12.8. The van der Waals surface area contributed by atoms with Gasteiger partial charge in [-0.1, -0.05) is 18.2 Å². The molecule has 0 aliphatic carbocycles. The van der Waals surface area contributed by atoms with Crippen LogP contribution < -0.4 is 15.4 Å². The van der Waals surface area contributed by atoms with Crippen molar-refractivity contribution < 1.29 is 8.42 Å². The Morgan fingerprint density at radius 1 is 1.14 bits per heavy atom. The van der Waals surface area contributed by atoms with Crippen LogP contribution in [0.5, 0.6) is 0 Å². The van der Waals surface area contributed by atoms with Gasteiger partial charge >= 0.3 is 0 Å². The Kier molecular flexibility index (Phi) is 3.76. The minimum Gasteiger partial charge on any atom is -0.376 e. The van der Waals surface area contributed by atoms with Gasteiger partial charge in [0.2, 0.25) is 0 Å². The molecule has 114 valence electrons. The number of nitrogens with two attached hydrogens (primary N) is 1. The second kappa shape index (κ2) is 5.58. The van der Waals surface area contributed by atoms with Gasteiger partial charge in [-0.3, -0.25) is 4.31 Å². The van der Waals surface area contributed by atoms with Crippen LogP contribution in [-0.4, -0.2) is 20.1 Å². The lowest BCUT2D eigenvalue weighted by atomic mass is 10.2. The average molecular weight is 333 g/mol. The van der Waals surface area contributed by atoms with Crippen LogP contribution in [0.15, 0.2) is 53.4 Å². The van der Waals surface area contributed by atoms with Crippen molar-refractivity contribution in [1.29, 1.82) is 0 Å². The molecule has 0 spiro atoms. The van der Waals surface area contributed by atoms with Gasteiger partial charge in [0.05, 0.1) is 10.6 Å². The van der Waals surface area contributed by atoms with E-state index >= 15 is 0 Å². The molecule has 3 N–H and O–H groups in total. The third-order valence-electron chi connectivity index (χ3n) is 3.55. The lowest BCUT2D eigenvalue weighted by Crippen LogP contribution is -2.29. The number of sulfonamides is 1. The summed E-state index contributed by atoms with van der Waals surface area (Å²) in [6, 6.07) is 14.0. The summed E-state index contributed by atoms with van der Waals surface area (Å²) in [5, 5.41) is 2.91. The van der Waals surface area contributed by atoms with Crippen LogP contribution >= 0.6 is 12.2 Å². The van der Waals surface area contributed by atoms with Gasteiger partial charge in [0, 0.05) is 12.2 Å². The number of hydrogen-bond donors (Lipinski definition) is 2. The summed E-state index contributed by atoms with van der Waals surface area (Å²) in [4.78, 5) is 0.248. The standard InChI is InChI=1S/C15H15N3O2S2/c16-15(21)17-12-5-7-13(8-6-12)22(19,20)18-10-9-11-3-1-2-4-14(11)18/h1-8H,9-10H2,(H3,16,17,21). The Hall–Kier alpha value is -2.12. The molecular formula is C15H15N3O2S2. The van der Waals surface area contributed by atoms with Crippen molar-refractivity contribution in [2.45, 2.75) is 11.3 Å². The van der Waals surface area contributed by atoms with Crippen molar-refractivity contribution in [2.24, 2.45) is 5.73 Å². The first-order valence-electron chi connectivity index (χ1n) is 6.75. The Balaban J connectivity index is 1.92. The minimum atomic E-state index is -3.56. The Morgan fingerprint density at radius 3 is 2.50 bits per heavy atom. The largest absolute Gasteiger partial charge is 0.376 e. The molecule has 1 aliphatic heterocycles. The summed E-state index contributed by atoms with van der Waals surface area (Å²) in [5.41, 5.74) is 7.87. The van der Waals surface area contributed by atoms with E-state index < -0.39 is 10.0 Å². The third kappa shape index (κ3) is 2.65. The van der Waals surface area contributed by atoms with Gasteiger partial charge in [-0.25, -0.2) is 8.42 Å². The molecule has 2 aromatic rings. The molecule has 3 rings (SSSR count). The Labute approximate surface area is 134 Å². The second-order valence-electron chi connectivity index (χ2n) is 4.97. The van der Waals surface area contributed by atoms with E-state index in [0.29, 0.717) is 12.2 Å². The monoisotopic (exact) mass is 333 g/mol. The van der Waals surface area contributed by atoms with Crippen molar-refractivity contribution in [3.63, 3.8) is 0 Å². The van der Waals surface area contributed by atoms with Crippen LogP contribution in [0.4, 0.5) is 11.4 Å². The predicted octanol–water partition coefficient (Wildman–Crippen LogP) is 2.09. The molecule has 1 heterocycles. The third-order valence-corrected chi connectivity index (χ3v) is 5.48. The molecule has 0 bridgehead atoms. The highest BCUT2D eigenvalue weighted by Gasteiger charge is 2.30. The lowest BCUT2D eigenvalue weighted by Gasteiger charge is -2.19. The number of para-hydroxylation sites is 1. The van der Waals surface area contributed by atoms with Crippen LogP contribution in [0.3, 0.4) is 0 Å². The fraction of sp³-hybridized carbons (Fsp3) is 0.133. The SMILES string of the molecule is NC(=S)Nc1ccc(S(=O)(=O)N2CCc3ccccc32)cc1. The summed E-state index contributed by atoms with van der Waals surface area (Å²) < 4.78 is 27.0. The zero-order chi connectivity index (χ0) is 15.7. The quantitative estimate of drug-likeness (QED) is 0.841. The summed E-state index contributed by atoms with van der Waals surface area (Å²) in [6.07, 6.45) is 0.733. The molecular weight excluding hydrogens is 318 g/mol. The van der Waals surface area contributed by atoms with Crippen molar-refractivity contribution in [3.8, 4) is 0 Å². The molecule has 0 radical (unpaired) electrons. The van der Waals surface area contributed by atoms with Crippen LogP contribution in [0.1, 0.15) is 5.56 Å². The van der Waals surface area contributed by atoms with E-state index in [1.807, 2.05) is 24.3 Å². The zero-order valence-electron chi connectivity index (χ0n) is 11.7. The van der Waals surface area contributed by atoms with E-state index in [2.05, 4.69) is 5.32 Å². The molecule has 5 nitrogen and oxygen atoms in total. The van der Waals surface area contributed by atoms with Crippen molar-refractivity contribution in [2.75, 3.05) is 16.2 Å². The summed E-state index contributed by atoms with van der Waals surface area (Å²) in [5.74, 6) is 0. The van der Waals surface area contributed by atoms with Gasteiger partial charge in [0.15, 0.2) is 5.11 Å². The number of benzene rings is 2. The maximum Gasteiger partial charge on any atom is 0.264 e. The van der Waals surface area contributed by atoms with Crippen LogP contribution in [0.2, 0.25) is 0 Å². The highest BCUT2D eigenvalue weighted by molar-refractivity contribution is 7.92. The normalized spacial score (nSPS) is 13.7. The fourth-order valence-corrected chi connectivity index (χ4v) is 4.16. The first kappa shape index (κ1) is 14.8. The molecule has 2 aromatic carbocycles. The van der Waals surface area contributed by atoms with Gasteiger partial charge in [-0.05, 0) is 54.5 Å². The molecule has 22 heavy (non-hydrogen) atoms. The zero-order valence-corrected chi connectivity index (χ0v) is 13.3. The highest BCUT2D eigenvalue weighted by Crippen LogP contribution is 2.32. The highest BCUT2D eigenvalue weighted by atomic mass is 32.2. The number of hydrogen-bond acceptors (Lipinski definition) is 3. The molecule has 0 atom stereocenters. The fourth-order valence-electron chi connectivity index (χ4n) is 2.54. The van der Waals surface area contributed by atoms with Gasteiger partial charge in [0.25, 0.3) is 10.0 Å². The summed E-state index contributed by atoms with van der Waals surface area (Å²) in [7, 11) is -3.56. The van der Waals surface area contributed by atoms with E-state index in [1.54, 1.807) is 24.3 Å². The molecule has 0 saturated heterocycles. The molecule has 0 fully saturated rings.